The molecule has 9 nitrogen and oxygen atoms in total. The van der Waals surface area contributed by atoms with E-state index in [1.165, 1.54) is 19.1 Å². The average Bonchev–Trinajstić information content (AvgIpc) is 2.86. The van der Waals surface area contributed by atoms with Gasteiger partial charge in [0, 0.05) is 19.0 Å². The van der Waals surface area contributed by atoms with Gasteiger partial charge in [0.05, 0.1) is 7.11 Å². The molecule has 0 heterocycles. The number of methoxy groups -OCH3 is 1. The predicted octanol–water partition coefficient (Wildman–Crippen LogP) is 2.59. The molecule has 2 aromatic rings. The van der Waals surface area contributed by atoms with Gasteiger partial charge < -0.3 is 25.0 Å². The highest BCUT2D eigenvalue weighted by Crippen LogP contribution is 2.25. The molecule has 2 rings (SSSR count). The van der Waals surface area contributed by atoms with Crippen molar-refractivity contribution in [3.8, 4) is 12.3 Å². The molecule has 2 atom stereocenters. The number of carbonyl (C=O) groups excluding carboxylic acids is 4. The SMILES string of the molecule is C#Cc1ccccc1C(C(=O)NCC(=O)OC)N(C)C(=O)C(Cc1ccccc1)NC(=O)OC(C)(C)C. The number of nitrogens with zero attached hydrogens (tertiary/aromatic N) is 1. The second-order valence-corrected chi connectivity index (χ2v) is 9.27. The summed E-state index contributed by atoms with van der Waals surface area (Å²) >= 11 is 0. The number of benzene rings is 2. The van der Waals surface area contributed by atoms with Crippen molar-refractivity contribution in [1.29, 1.82) is 0 Å². The lowest BCUT2D eigenvalue weighted by Crippen LogP contribution is -2.52. The van der Waals surface area contributed by atoms with E-state index in [4.69, 9.17) is 11.2 Å². The minimum atomic E-state index is -1.19. The molecule has 0 aliphatic rings. The van der Waals surface area contributed by atoms with Gasteiger partial charge in [-0.05, 0) is 38.0 Å². The van der Waals surface area contributed by atoms with Crippen molar-refractivity contribution in [2.75, 3.05) is 20.7 Å². The Labute approximate surface area is 217 Å². The van der Waals surface area contributed by atoms with E-state index in [2.05, 4.69) is 21.3 Å². The van der Waals surface area contributed by atoms with Crippen LogP contribution in [0.2, 0.25) is 0 Å². The maximum Gasteiger partial charge on any atom is 0.408 e. The summed E-state index contributed by atoms with van der Waals surface area (Å²) in [6.45, 7) is 4.75. The number of hydrogen-bond acceptors (Lipinski definition) is 6. The Morgan fingerprint density at radius 1 is 1.03 bits per heavy atom. The summed E-state index contributed by atoms with van der Waals surface area (Å²) in [5.41, 5.74) is 0.804. The van der Waals surface area contributed by atoms with Crippen molar-refractivity contribution in [3.05, 3.63) is 71.3 Å². The van der Waals surface area contributed by atoms with Crippen LogP contribution in [0.15, 0.2) is 54.6 Å². The number of esters is 1. The molecule has 0 bridgehead atoms. The fourth-order valence-electron chi connectivity index (χ4n) is 3.59. The first-order valence-corrected chi connectivity index (χ1v) is 11.7. The largest absolute Gasteiger partial charge is 0.468 e. The maximum atomic E-state index is 13.8. The highest BCUT2D eigenvalue weighted by Gasteiger charge is 2.35. The van der Waals surface area contributed by atoms with Crippen molar-refractivity contribution in [2.45, 2.75) is 44.9 Å². The van der Waals surface area contributed by atoms with Crippen LogP contribution in [-0.4, -0.2) is 61.1 Å². The molecule has 2 aromatic carbocycles. The fraction of sp³-hybridized carbons (Fsp3) is 0.357. The number of hydrogen-bond donors (Lipinski definition) is 2. The van der Waals surface area contributed by atoms with E-state index in [9.17, 15) is 19.2 Å². The first-order chi connectivity index (χ1) is 17.5. The second kappa shape index (κ2) is 13.1. The van der Waals surface area contributed by atoms with Crippen LogP contribution in [0.25, 0.3) is 0 Å². The van der Waals surface area contributed by atoms with Crippen molar-refractivity contribution >= 4 is 23.9 Å². The zero-order chi connectivity index (χ0) is 27.6. The molecule has 0 fully saturated rings. The molecule has 0 saturated carbocycles. The first kappa shape index (κ1) is 28.9. The molecule has 0 aliphatic carbocycles. The van der Waals surface area contributed by atoms with Crippen LogP contribution in [0.5, 0.6) is 0 Å². The van der Waals surface area contributed by atoms with Crippen molar-refractivity contribution in [3.63, 3.8) is 0 Å². The lowest BCUT2D eigenvalue weighted by Gasteiger charge is -2.32. The van der Waals surface area contributed by atoms with Crippen LogP contribution in [-0.2, 0) is 30.3 Å². The lowest BCUT2D eigenvalue weighted by molar-refractivity contribution is -0.143. The maximum absolute atomic E-state index is 13.8. The van der Waals surface area contributed by atoms with Gasteiger partial charge in [0.1, 0.15) is 24.2 Å². The molecule has 0 aromatic heterocycles. The van der Waals surface area contributed by atoms with Crippen LogP contribution < -0.4 is 10.6 Å². The van der Waals surface area contributed by atoms with E-state index in [1.54, 1.807) is 45.0 Å². The van der Waals surface area contributed by atoms with E-state index in [0.717, 1.165) is 5.56 Å². The van der Waals surface area contributed by atoms with E-state index in [1.807, 2.05) is 30.3 Å². The smallest absolute Gasteiger partial charge is 0.408 e. The number of likely N-dealkylation sites (N-methyl/N-ethyl adjacent to an activating group) is 1. The Morgan fingerprint density at radius 3 is 2.24 bits per heavy atom. The van der Waals surface area contributed by atoms with Crippen LogP contribution in [0.1, 0.15) is 43.5 Å². The molecule has 37 heavy (non-hydrogen) atoms. The van der Waals surface area contributed by atoms with Crippen LogP contribution in [0, 0.1) is 12.3 Å². The molecule has 2 unspecified atom stereocenters. The summed E-state index contributed by atoms with van der Waals surface area (Å²) in [6.07, 6.45) is 5.04. The predicted molar refractivity (Wildman–Crippen MR) is 138 cm³/mol. The Kier molecular flexibility index (Phi) is 10.3. The molecule has 0 saturated heterocycles. The third-order valence-corrected chi connectivity index (χ3v) is 5.30. The normalized spacial score (nSPS) is 12.3. The summed E-state index contributed by atoms with van der Waals surface area (Å²) in [4.78, 5) is 52.5. The zero-order valence-corrected chi connectivity index (χ0v) is 21.7. The van der Waals surface area contributed by atoms with Gasteiger partial charge >= 0.3 is 12.1 Å². The molecule has 9 heteroatoms. The van der Waals surface area contributed by atoms with Gasteiger partial charge in [0.15, 0.2) is 0 Å². The summed E-state index contributed by atoms with van der Waals surface area (Å²) in [5, 5.41) is 5.13. The molecular weight excluding hydrogens is 474 g/mol. The number of nitrogens with one attached hydrogen (secondary N) is 2. The fourth-order valence-corrected chi connectivity index (χ4v) is 3.59. The molecule has 196 valence electrons. The van der Waals surface area contributed by atoms with Crippen LogP contribution in [0.3, 0.4) is 0 Å². The highest BCUT2D eigenvalue weighted by atomic mass is 16.6. The number of ether oxygens (including phenoxy) is 2. The van der Waals surface area contributed by atoms with Crippen LogP contribution in [0.4, 0.5) is 4.79 Å². The van der Waals surface area contributed by atoms with E-state index in [-0.39, 0.29) is 6.42 Å². The number of carbonyl (C=O) groups is 4. The quantitative estimate of drug-likeness (QED) is 0.398. The monoisotopic (exact) mass is 507 g/mol. The van der Waals surface area contributed by atoms with Gasteiger partial charge in [0.25, 0.3) is 0 Å². The summed E-state index contributed by atoms with van der Waals surface area (Å²) in [7, 11) is 2.64. The van der Waals surface area contributed by atoms with Gasteiger partial charge in [-0.3, -0.25) is 14.4 Å². The third-order valence-electron chi connectivity index (χ3n) is 5.30. The number of rotatable bonds is 9. The van der Waals surface area contributed by atoms with Crippen molar-refractivity contribution < 1.29 is 28.7 Å². The van der Waals surface area contributed by atoms with Crippen molar-refractivity contribution in [1.82, 2.24) is 15.5 Å². The summed E-state index contributed by atoms with van der Waals surface area (Å²) < 4.78 is 9.96. The Hall–Kier alpha value is -4.32. The summed E-state index contributed by atoms with van der Waals surface area (Å²) in [5.74, 6) is 0.681. The Balaban J connectivity index is 2.44. The number of alkyl carbamates (subject to hydrolysis) is 1. The highest BCUT2D eigenvalue weighted by molar-refractivity contribution is 5.93. The standard InChI is InChI=1S/C28H33N3O6/c1-7-20-15-11-12-16-21(20)24(25(33)29-18-23(32)36-6)31(5)26(34)22(17-19-13-9-8-10-14-19)30-27(35)37-28(2,3)4/h1,8-16,22,24H,17-18H2,2-6H3,(H,29,33)(H,30,35). The van der Waals surface area contributed by atoms with Crippen molar-refractivity contribution in [2.24, 2.45) is 0 Å². The van der Waals surface area contributed by atoms with E-state index < -0.39 is 48.1 Å². The Morgan fingerprint density at radius 2 is 1.65 bits per heavy atom. The van der Waals surface area contributed by atoms with Crippen LogP contribution >= 0.6 is 0 Å². The zero-order valence-electron chi connectivity index (χ0n) is 21.7. The molecule has 0 spiro atoms. The summed E-state index contributed by atoms with van der Waals surface area (Å²) in [6, 6.07) is 13.6. The topological polar surface area (TPSA) is 114 Å². The molecular formula is C28H33N3O6. The minimum Gasteiger partial charge on any atom is -0.468 e. The second-order valence-electron chi connectivity index (χ2n) is 9.27. The first-order valence-electron chi connectivity index (χ1n) is 11.7. The van der Waals surface area contributed by atoms with Gasteiger partial charge in [-0.25, -0.2) is 4.79 Å². The van der Waals surface area contributed by atoms with E-state index in [0.29, 0.717) is 11.1 Å². The van der Waals surface area contributed by atoms with Gasteiger partial charge in [-0.2, -0.15) is 0 Å². The lowest BCUT2D eigenvalue weighted by atomic mass is 9.97. The number of amides is 3. The van der Waals surface area contributed by atoms with Gasteiger partial charge in [0.2, 0.25) is 11.8 Å². The van der Waals surface area contributed by atoms with Gasteiger partial charge in [-0.1, -0.05) is 54.5 Å². The molecule has 2 N–H and O–H groups in total. The molecule has 3 amide bonds. The van der Waals surface area contributed by atoms with Gasteiger partial charge in [-0.15, -0.1) is 6.42 Å². The van der Waals surface area contributed by atoms with E-state index >= 15 is 0 Å². The minimum absolute atomic E-state index is 0.149. The third kappa shape index (κ3) is 8.69. The average molecular weight is 508 g/mol. The molecule has 0 aliphatic heterocycles. The number of terminal acetylenes is 1. The molecule has 0 radical (unpaired) electrons. The Bertz CT molecular complexity index is 1150.